The first-order valence-corrected chi connectivity index (χ1v) is 8.07. The molecule has 23 heavy (non-hydrogen) atoms. The molecule has 3 heterocycles. The molecule has 0 amide bonds. The van der Waals surface area contributed by atoms with E-state index in [0.29, 0.717) is 13.0 Å². The number of nitrogens with zero attached hydrogens (tertiary/aromatic N) is 3. The normalized spacial score (nSPS) is 19.1. The van der Waals surface area contributed by atoms with Gasteiger partial charge in [-0.05, 0) is 12.1 Å². The van der Waals surface area contributed by atoms with Gasteiger partial charge in [0, 0.05) is 32.3 Å². The van der Waals surface area contributed by atoms with Crippen LogP contribution >= 0.6 is 0 Å². The van der Waals surface area contributed by atoms with E-state index in [1.165, 1.54) is 7.11 Å². The summed E-state index contributed by atoms with van der Waals surface area (Å²) in [5.74, 6) is 0.854. The largest absolute Gasteiger partial charge is 0.469 e. The quantitative estimate of drug-likeness (QED) is 0.785. The third-order valence-corrected chi connectivity index (χ3v) is 4.23. The van der Waals surface area contributed by atoms with Crippen molar-refractivity contribution in [3.8, 4) is 0 Å². The van der Waals surface area contributed by atoms with Gasteiger partial charge in [-0.25, -0.2) is 4.98 Å². The number of aromatic nitrogens is 2. The molecule has 6 nitrogen and oxygen atoms in total. The first-order valence-electron chi connectivity index (χ1n) is 8.07. The molecule has 2 aromatic rings. The number of morpholine rings is 1. The van der Waals surface area contributed by atoms with Gasteiger partial charge in [-0.2, -0.15) is 0 Å². The number of aryl methyl sites for hydroxylation is 1. The number of hydrogen-bond donors (Lipinski definition) is 0. The molecule has 1 aliphatic rings. The van der Waals surface area contributed by atoms with Crippen molar-refractivity contribution in [1.29, 1.82) is 0 Å². The summed E-state index contributed by atoms with van der Waals surface area (Å²) < 4.78 is 12.5. The maximum Gasteiger partial charge on any atom is 0.308 e. The van der Waals surface area contributed by atoms with Gasteiger partial charge in [0.1, 0.15) is 5.82 Å². The lowest BCUT2D eigenvalue weighted by Crippen LogP contribution is -2.43. The second-order valence-corrected chi connectivity index (χ2v) is 5.79. The van der Waals surface area contributed by atoms with Crippen LogP contribution in [-0.4, -0.2) is 53.2 Å². The minimum atomic E-state index is -0.224. The molecule has 0 N–H and O–H groups in total. The van der Waals surface area contributed by atoms with Crippen molar-refractivity contribution in [1.82, 2.24) is 14.3 Å². The van der Waals surface area contributed by atoms with Crippen LogP contribution < -0.4 is 0 Å². The van der Waals surface area contributed by atoms with E-state index in [-0.39, 0.29) is 12.1 Å². The number of pyridine rings is 1. The zero-order valence-electron chi connectivity index (χ0n) is 13.7. The van der Waals surface area contributed by atoms with E-state index in [4.69, 9.17) is 14.5 Å². The SMILES string of the molecule is CCc1nc(CN2CCO[C@H](CC(=O)OC)C2)c2ccccn12. The van der Waals surface area contributed by atoms with E-state index in [0.717, 1.165) is 43.1 Å². The summed E-state index contributed by atoms with van der Waals surface area (Å²) >= 11 is 0. The van der Waals surface area contributed by atoms with Crippen LogP contribution in [0.4, 0.5) is 0 Å². The van der Waals surface area contributed by atoms with Gasteiger partial charge < -0.3 is 13.9 Å². The first kappa shape index (κ1) is 16.0. The van der Waals surface area contributed by atoms with E-state index in [1.807, 2.05) is 12.1 Å². The number of hydrogen-bond acceptors (Lipinski definition) is 5. The molecule has 124 valence electrons. The molecule has 1 saturated heterocycles. The molecule has 0 aromatic carbocycles. The third-order valence-electron chi connectivity index (χ3n) is 4.23. The van der Waals surface area contributed by atoms with Crippen molar-refractivity contribution in [2.75, 3.05) is 26.8 Å². The zero-order valence-corrected chi connectivity index (χ0v) is 13.7. The highest BCUT2D eigenvalue weighted by atomic mass is 16.5. The number of imidazole rings is 1. The lowest BCUT2D eigenvalue weighted by molar-refractivity contribution is -0.145. The number of ether oxygens (including phenoxy) is 2. The second kappa shape index (κ2) is 7.10. The number of carbonyl (C=O) groups excluding carboxylic acids is 1. The fourth-order valence-corrected chi connectivity index (χ4v) is 3.06. The molecular weight excluding hydrogens is 294 g/mol. The van der Waals surface area contributed by atoms with Gasteiger partial charge in [0.05, 0.1) is 37.5 Å². The lowest BCUT2D eigenvalue weighted by atomic mass is 10.2. The Balaban J connectivity index is 1.73. The molecule has 3 rings (SSSR count). The van der Waals surface area contributed by atoms with Crippen molar-refractivity contribution >= 4 is 11.5 Å². The highest BCUT2D eigenvalue weighted by molar-refractivity contribution is 5.69. The smallest absolute Gasteiger partial charge is 0.308 e. The van der Waals surface area contributed by atoms with Crippen LogP contribution in [-0.2, 0) is 27.2 Å². The van der Waals surface area contributed by atoms with Crippen LogP contribution in [0.5, 0.6) is 0 Å². The van der Waals surface area contributed by atoms with Gasteiger partial charge in [-0.15, -0.1) is 0 Å². The first-order chi connectivity index (χ1) is 11.2. The van der Waals surface area contributed by atoms with E-state index in [9.17, 15) is 4.79 Å². The third kappa shape index (κ3) is 3.54. The topological polar surface area (TPSA) is 56.1 Å². The molecule has 0 unspecified atom stereocenters. The van der Waals surface area contributed by atoms with Crippen molar-refractivity contribution < 1.29 is 14.3 Å². The Kier molecular flexibility index (Phi) is 4.93. The van der Waals surface area contributed by atoms with Crippen molar-refractivity contribution in [3.63, 3.8) is 0 Å². The van der Waals surface area contributed by atoms with E-state index in [2.05, 4.69) is 28.5 Å². The maximum atomic E-state index is 11.4. The molecule has 0 saturated carbocycles. The van der Waals surface area contributed by atoms with Crippen molar-refractivity contribution in [2.45, 2.75) is 32.4 Å². The summed E-state index contributed by atoms with van der Waals surface area (Å²) in [4.78, 5) is 18.5. The Morgan fingerprint density at radius 1 is 1.48 bits per heavy atom. The Morgan fingerprint density at radius 2 is 2.35 bits per heavy atom. The highest BCUT2D eigenvalue weighted by Crippen LogP contribution is 2.18. The minimum Gasteiger partial charge on any atom is -0.469 e. The van der Waals surface area contributed by atoms with Crippen LogP contribution in [0.2, 0.25) is 0 Å². The molecule has 0 radical (unpaired) electrons. The predicted molar refractivity (Wildman–Crippen MR) is 86.2 cm³/mol. The summed E-state index contributed by atoms with van der Waals surface area (Å²) in [6, 6.07) is 6.17. The summed E-state index contributed by atoms with van der Waals surface area (Å²) in [5.41, 5.74) is 2.24. The monoisotopic (exact) mass is 317 g/mol. The zero-order chi connectivity index (χ0) is 16.2. The number of carbonyl (C=O) groups is 1. The molecule has 1 atom stereocenters. The lowest BCUT2D eigenvalue weighted by Gasteiger charge is -2.32. The Labute approximate surface area is 136 Å². The van der Waals surface area contributed by atoms with Crippen LogP contribution in [0.1, 0.15) is 24.9 Å². The van der Waals surface area contributed by atoms with E-state index in [1.54, 1.807) is 0 Å². The van der Waals surface area contributed by atoms with E-state index < -0.39 is 0 Å². The van der Waals surface area contributed by atoms with Crippen LogP contribution in [0.25, 0.3) is 5.52 Å². The average Bonchev–Trinajstić information content (AvgIpc) is 2.93. The van der Waals surface area contributed by atoms with Gasteiger partial charge >= 0.3 is 5.97 Å². The second-order valence-electron chi connectivity index (χ2n) is 5.79. The van der Waals surface area contributed by atoms with Gasteiger partial charge in [0.15, 0.2) is 0 Å². The summed E-state index contributed by atoms with van der Waals surface area (Å²) in [5, 5.41) is 0. The standard InChI is InChI=1S/C17H23N3O3/c1-3-16-18-14(15-6-4-5-7-20(15)16)12-19-8-9-23-13(11-19)10-17(21)22-2/h4-7,13H,3,8-12H2,1-2H3/t13-/m1/s1. The van der Waals surface area contributed by atoms with E-state index >= 15 is 0 Å². The Hall–Kier alpha value is -1.92. The summed E-state index contributed by atoms with van der Waals surface area (Å²) in [6.07, 6.45) is 3.16. The number of esters is 1. The van der Waals surface area contributed by atoms with Crippen molar-refractivity contribution in [2.24, 2.45) is 0 Å². The predicted octanol–water partition coefficient (Wildman–Crippen LogP) is 1.66. The van der Waals surface area contributed by atoms with Gasteiger partial charge in [-0.1, -0.05) is 13.0 Å². The molecule has 1 fully saturated rings. The van der Waals surface area contributed by atoms with Crippen LogP contribution in [0, 0.1) is 0 Å². The highest BCUT2D eigenvalue weighted by Gasteiger charge is 2.24. The fourth-order valence-electron chi connectivity index (χ4n) is 3.06. The van der Waals surface area contributed by atoms with Gasteiger partial charge in [-0.3, -0.25) is 9.69 Å². The molecule has 2 aromatic heterocycles. The molecular formula is C17H23N3O3. The minimum absolute atomic E-state index is 0.101. The summed E-state index contributed by atoms with van der Waals surface area (Å²) in [6.45, 7) is 5.10. The van der Waals surface area contributed by atoms with Crippen LogP contribution in [0.15, 0.2) is 24.4 Å². The molecule has 6 heteroatoms. The van der Waals surface area contributed by atoms with Gasteiger partial charge in [0.25, 0.3) is 0 Å². The number of rotatable bonds is 5. The van der Waals surface area contributed by atoms with Crippen LogP contribution in [0.3, 0.4) is 0 Å². The maximum absolute atomic E-state index is 11.4. The molecule has 0 aliphatic carbocycles. The Morgan fingerprint density at radius 3 is 3.13 bits per heavy atom. The van der Waals surface area contributed by atoms with Crippen molar-refractivity contribution in [3.05, 3.63) is 35.9 Å². The van der Waals surface area contributed by atoms with Gasteiger partial charge in [0.2, 0.25) is 0 Å². The molecule has 0 spiro atoms. The number of fused-ring (bicyclic) bond motifs is 1. The Bertz CT molecular complexity index is 683. The molecule has 0 bridgehead atoms. The summed E-state index contributed by atoms with van der Waals surface area (Å²) in [7, 11) is 1.41. The fraction of sp³-hybridized carbons (Fsp3) is 0.529. The number of methoxy groups -OCH3 is 1. The average molecular weight is 317 g/mol. The molecule has 1 aliphatic heterocycles.